The summed E-state index contributed by atoms with van der Waals surface area (Å²) in [5.74, 6) is 1.58. The van der Waals surface area contributed by atoms with Gasteiger partial charge in [0.1, 0.15) is 53.4 Å². The lowest BCUT2D eigenvalue weighted by Crippen LogP contribution is -2.47. The van der Waals surface area contributed by atoms with Gasteiger partial charge in [-0.05, 0) is 83.8 Å². The lowest BCUT2D eigenvalue weighted by atomic mass is 9.78. The molecule has 1 amide bonds. The predicted molar refractivity (Wildman–Crippen MR) is 239 cm³/mol. The number of sulfonamides is 1. The molecule has 1 unspecified atom stereocenters. The number of nitrogens with one attached hydrogen (secondary N) is 2. The Labute approximate surface area is 372 Å². The number of benzene rings is 5. The third-order valence-electron chi connectivity index (χ3n) is 9.76. The van der Waals surface area contributed by atoms with Gasteiger partial charge in [-0.3, -0.25) is 4.79 Å². The normalized spacial score (nSPS) is 12.1. The lowest BCUT2D eigenvalue weighted by molar-refractivity contribution is -0.146. The van der Waals surface area contributed by atoms with Crippen LogP contribution in [0, 0.1) is 0 Å². The number of rotatable bonds is 20. The van der Waals surface area contributed by atoms with E-state index >= 15 is 0 Å². The number of aromatic hydroxyl groups is 1. The highest BCUT2D eigenvalue weighted by molar-refractivity contribution is 7.98. The molecule has 326 valence electrons. The van der Waals surface area contributed by atoms with E-state index in [4.69, 9.17) is 18.9 Å². The fourth-order valence-corrected chi connectivity index (χ4v) is 10.4. The van der Waals surface area contributed by atoms with Crippen LogP contribution in [0.15, 0.2) is 132 Å². The minimum Gasteiger partial charge on any atom is -0.508 e. The number of hydrogen-bond acceptors (Lipinski definition) is 14. The van der Waals surface area contributed by atoms with Crippen molar-refractivity contribution in [2.24, 2.45) is 0 Å². The van der Waals surface area contributed by atoms with Gasteiger partial charge in [0.05, 0.1) is 37.2 Å². The molecule has 2 heterocycles. The van der Waals surface area contributed by atoms with Crippen molar-refractivity contribution in [3.8, 4) is 23.0 Å². The van der Waals surface area contributed by atoms with E-state index < -0.39 is 33.5 Å². The standard InChI is InChI=1S/C45H44N6O9S3/c1-4-59-43(54)40(29-61-28-30-9-8-12-35(52)23-30)46-42(53)26-51-25-34(48-50-51)27-60-38-21-22-39-41(24-38)62-44(47-39)63(55,56)49-45(31-10-6-5-7-11-31,32-13-17-36(57-2)18-14-32)33-15-19-37(58-3)20-16-33/h5-25,40,49,52H,4,26-29H2,1-3H3,(H,46,53). The van der Waals surface area contributed by atoms with Crippen LogP contribution >= 0.6 is 23.1 Å². The van der Waals surface area contributed by atoms with Gasteiger partial charge in [0.25, 0.3) is 10.0 Å². The Morgan fingerprint density at radius 3 is 2.17 bits per heavy atom. The van der Waals surface area contributed by atoms with Crippen molar-refractivity contribution >= 4 is 55.2 Å². The van der Waals surface area contributed by atoms with Crippen LogP contribution in [0.2, 0.25) is 0 Å². The van der Waals surface area contributed by atoms with E-state index in [0.29, 0.717) is 55.6 Å². The molecule has 7 rings (SSSR count). The van der Waals surface area contributed by atoms with Crippen molar-refractivity contribution in [2.75, 3.05) is 26.6 Å². The van der Waals surface area contributed by atoms with Crippen LogP contribution in [0.5, 0.6) is 23.0 Å². The summed E-state index contributed by atoms with van der Waals surface area (Å²) in [6, 6.07) is 34.8. The summed E-state index contributed by atoms with van der Waals surface area (Å²) in [6.45, 7) is 1.64. The van der Waals surface area contributed by atoms with Crippen molar-refractivity contribution < 1.29 is 42.1 Å². The summed E-state index contributed by atoms with van der Waals surface area (Å²) in [5, 5.41) is 20.6. The molecule has 0 aliphatic rings. The zero-order chi connectivity index (χ0) is 44.4. The second-order valence-electron chi connectivity index (χ2n) is 14.0. The minimum absolute atomic E-state index is 0.000903. The molecular weight excluding hydrogens is 865 g/mol. The molecule has 5 aromatic carbocycles. The molecule has 0 spiro atoms. The van der Waals surface area contributed by atoms with Gasteiger partial charge >= 0.3 is 5.97 Å². The van der Waals surface area contributed by atoms with Crippen LogP contribution in [-0.4, -0.2) is 78.0 Å². The lowest BCUT2D eigenvalue weighted by Gasteiger charge is -2.36. The summed E-state index contributed by atoms with van der Waals surface area (Å²) < 4.78 is 56.0. The van der Waals surface area contributed by atoms with Gasteiger partial charge in [0.2, 0.25) is 10.2 Å². The van der Waals surface area contributed by atoms with Crippen molar-refractivity contribution in [1.29, 1.82) is 0 Å². The number of nitrogens with zero attached hydrogens (tertiary/aromatic N) is 4. The Morgan fingerprint density at radius 2 is 1.52 bits per heavy atom. The number of phenols is 1. The van der Waals surface area contributed by atoms with Crippen molar-refractivity contribution in [3.05, 3.63) is 155 Å². The van der Waals surface area contributed by atoms with Crippen LogP contribution in [0.3, 0.4) is 0 Å². The monoisotopic (exact) mass is 908 g/mol. The zero-order valence-electron chi connectivity index (χ0n) is 34.5. The molecule has 3 N–H and O–H groups in total. The Morgan fingerprint density at radius 1 is 0.857 bits per heavy atom. The Bertz CT molecular complexity index is 2720. The SMILES string of the molecule is CCOC(=O)C(CSCc1cccc(O)c1)NC(=O)Cn1cc(COc2ccc3nc(S(=O)(=O)NC(c4ccccc4)(c4ccc(OC)cc4)c4ccc(OC)cc4)sc3c2)nn1. The molecule has 0 saturated carbocycles. The first-order valence-electron chi connectivity index (χ1n) is 19.6. The summed E-state index contributed by atoms with van der Waals surface area (Å²) in [4.78, 5) is 30.2. The van der Waals surface area contributed by atoms with Crippen LogP contribution in [0.1, 0.15) is 34.9 Å². The second kappa shape index (κ2) is 20.1. The molecule has 0 saturated heterocycles. The molecule has 0 aliphatic carbocycles. The number of thioether (sulfide) groups is 1. The number of hydrogen-bond donors (Lipinski definition) is 3. The highest BCUT2D eigenvalue weighted by Crippen LogP contribution is 2.40. The summed E-state index contributed by atoms with van der Waals surface area (Å²) >= 11 is 2.42. The summed E-state index contributed by atoms with van der Waals surface area (Å²) in [5.41, 5.74) is 2.35. The average Bonchev–Trinajstić information content (AvgIpc) is 3.95. The maximum absolute atomic E-state index is 14.6. The van der Waals surface area contributed by atoms with E-state index in [0.717, 1.165) is 16.9 Å². The zero-order valence-corrected chi connectivity index (χ0v) is 36.9. The Balaban J connectivity index is 1.04. The maximum atomic E-state index is 14.6. The molecule has 1 atom stereocenters. The van der Waals surface area contributed by atoms with Crippen LogP contribution in [-0.2, 0) is 48.8 Å². The van der Waals surface area contributed by atoms with E-state index in [9.17, 15) is 23.1 Å². The van der Waals surface area contributed by atoms with Gasteiger partial charge in [-0.25, -0.2) is 22.9 Å². The highest BCUT2D eigenvalue weighted by Gasteiger charge is 2.42. The first-order valence-corrected chi connectivity index (χ1v) is 23.1. The van der Waals surface area contributed by atoms with Crippen molar-refractivity contribution in [2.45, 2.75) is 41.7 Å². The Hall–Kier alpha value is -6.47. The van der Waals surface area contributed by atoms with Crippen molar-refractivity contribution in [1.82, 2.24) is 30.0 Å². The van der Waals surface area contributed by atoms with Crippen LogP contribution in [0.25, 0.3) is 10.2 Å². The number of amides is 1. The Kier molecular flexibility index (Phi) is 14.3. The van der Waals surface area contributed by atoms with Gasteiger partial charge in [0.15, 0.2) is 0 Å². The number of thiazole rings is 1. The van der Waals surface area contributed by atoms with E-state index in [-0.39, 0.29) is 35.6 Å². The van der Waals surface area contributed by atoms with Crippen LogP contribution in [0.4, 0.5) is 0 Å². The third-order valence-corrected chi connectivity index (χ3v) is 13.7. The molecule has 2 aromatic heterocycles. The minimum atomic E-state index is -4.30. The summed E-state index contributed by atoms with van der Waals surface area (Å²) in [7, 11) is -1.16. The fraction of sp³-hybridized carbons (Fsp3) is 0.222. The summed E-state index contributed by atoms with van der Waals surface area (Å²) in [6.07, 6.45) is 1.56. The van der Waals surface area contributed by atoms with E-state index in [2.05, 4.69) is 25.3 Å². The molecular formula is C45H44N6O9S3. The number of methoxy groups -OCH3 is 2. The molecule has 7 aromatic rings. The molecule has 0 radical (unpaired) electrons. The number of esters is 1. The molecule has 0 fully saturated rings. The molecule has 63 heavy (non-hydrogen) atoms. The number of aromatic nitrogens is 4. The largest absolute Gasteiger partial charge is 0.508 e. The van der Waals surface area contributed by atoms with E-state index in [1.807, 2.05) is 60.7 Å². The fourth-order valence-electron chi connectivity index (χ4n) is 6.76. The number of fused-ring (bicyclic) bond motifs is 1. The third kappa shape index (κ3) is 10.8. The van der Waals surface area contributed by atoms with Gasteiger partial charge in [-0.2, -0.15) is 16.5 Å². The number of carbonyl (C=O) groups excluding carboxylic acids is 2. The van der Waals surface area contributed by atoms with Gasteiger partial charge in [-0.1, -0.05) is 71.9 Å². The quantitative estimate of drug-likeness (QED) is 0.0560. The van der Waals surface area contributed by atoms with E-state index in [1.54, 1.807) is 88.0 Å². The van der Waals surface area contributed by atoms with Crippen molar-refractivity contribution in [3.63, 3.8) is 0 Å². The highest BCUT2D eigenvalue weighted by atomic mass is 32.2. The smallest absolute Gasteiger partial charge is 0.329 e. The second-order valence-corrected chi connectivity index (χ2v) is 18.0. The van der Waals surface area contributed by atoms with E-state index in [1.165, 1.54) is 16.4 Å². The molecule has 0 aliphatic heterocycles. The predicted octanol–water partition coefficient (Wildman–Crippen LogP) is 6.44. The van der Waals surface area contributed by atoms with Gasteiger partial charge in [0, 0.05) is 11.5 Å². The first-order chi connectivity index (χ1) is 30.5. The van der Waals surface area contributed by atoms with Gasteiger partial charge in [-0.15, -0.1) is 16.4 Å². The number of carbonyl (C=O) groups is 2. The maximum Gasteiger partial charge on any atom is 0.329 e. The van der Waals surface area contributed by atoms with Gasteiger partial charge < -0.3 is 29.4 Å². The molecule has 15 nitrogen and oxygen atoms in total. The topological polar surface area (TPSA) is 193 Å². The number of phenolic OH excluding ortho intramolecular Hbond substituents is 1. The van der Waals surface area contributed by atoms with Crippen LogP contribution < -0.4 is 24.2 Å². The molecule has 18 heteroatoms. The first kappa shape index (κ1) is 44.6. The number of ether oxygens (including phenoxy) is 4. The molecule has 0 bridgehead atoms. The average molecular weight is 909 g/mol.